The molecule has 0 N–H and O–H groups in total. The fourth-order valence-corrected chi connectivity index (χ4v) is 1.46. The topological polar surface area (TPSA) is 57.9 Å². The van der Waals surface area contributed by atoms with Gasteiger partial charge in [-0.05, 0) is 12.1 Å². The van der Waals surface area contributed by atoms with E-state index in [1.807, 2.05) is 0 Å². The first kappa shape index (κ1) is 17.0. The molecular formula is C10H5CsF4N2O2. The third-order valence-electron chi connectivity index (χ3n) is 2.39. The van der Waals surface area contributed by atoms with Crippen LogP contribution in [0.4, 0.5) is 17.6 Å². The second kappa shape index (κ2) is 5.74. The second-order valence-electron chi connectivity index (χ2n) is 3.51. The molecular weight excluding hydrogens is 389 g/mol. The fourth-order valence-electron chi connectivity index (χ4n) is 1.46. The Morgan fingerprint density at radius 2 is 1.79 bits per heavy atom. The molecule has 0 spiro atoms. The predicted molar refractivity (Wildman–Crippen MR) is 49.9 cm³/mol. The van der Waals surface area contributed by atoms with Gasteiger partial charge in [0.05, 0.1) is 11.0 Å². The number of aliphatic carboxylic acids is 1. The number of hydrogen-bond acceptors (Lipinski definition) is 3. The van der Waals surface area contributed by atoms with Gasteiger partial charge in [-0.25, -0.2) is 4.98 Å². The van der Waals surface area contributed by atoms with Crippen molar-refractivity contribution in [3.05, 3.63) is 30.6 Å². The van der Waals surface area contributed by atoms with Gasteiger partial charge in [-0.2, -0.15) is 17.6 Å². The average molecular weight is 394 g/mol. The Morgan fingerprint density at radius 1 is 1.21 bits per heavy atom. The van der Waals surface area contributed by atoms with Crippen LogP contribution in [0.1, 0.15) is 0 Å². The summed E-state index contributed by atoms with van der Waals surface area (Å²) in [6, 6.07) is 0.311. The van der Waals surface area contributed by atoms with Crippen LogP contribution in [0.25, 0.3) is 11.0 Å². The molecule has 0 aliphatic heterocycles. The summed E-state index contributed by atoms with van der Waals surface area (Å²) in [6.45, 7) is 0. The Labute approximate surface area is 163 Å². The Hall–Kier alpha value is -0.0681. The zero-order valence-electron chi connectivity index (χ0n) is 9.61. The van der Waals surface area contributed by atoms with E-state index in [0.29, 0.717) is 6.33 Å². The molecule has 0 unspecified atom stereocenters. The van der Waals surface area contributed by atoms with E-state index in [1.165, 1.54) is 18.2 Å². The molecule has 1 heterocycles. The van der Waals surface area contributed by atoms with Crippen LogP contribution < -0.4 is 74.0 Å². The number of alkyl halides is 4. The first-order valence-electron chi connectivity index (χ1n) is 4.68. The van der Waals surface area contributed by atoms with Crippen LogP contribution in [0, 0.1) is 0 Å². The summed E-state index contributed by atoms with van der Waals surface area (Å²) in [5.74, 6) is -8.48. The van der Waals surface area contributed by atoms with Crippen molar-refractivity contribution in [2.75, 3.05) is 0 Å². The largest absolute Gasteiger partial charge is 1.00 e. The third kappa shape index (κ3) is 2.72. The minimum atomic E-state index is -5.34. The van der Waals surface area contributed by atoms with Crippen molar-refractivity contribution in [1.29, 1.82) is 0 Å². The van der Waals surface area contributed by atoms with Crippen molar-refractivity contribution in [2.45, 2.75) is 12.0 Å². The van der Waals surface area contributed by atoms with E-state index >= 15 is 0 Å². The molecule has 0 radical (unpaired) electrons. The summed E-state index contributed by atoms with van der Waals surface area (Å²) in [5.41, 5.74) is -0.255. The monoisotopic (exact) mass is 394 g/mol. The van der Waals surface area contributed by atoms with E-state index in [1.54, 1.807) is 0 Å². The van der Waals surface area contributed by atoms with E-state index in [0.717, 1.165) is 6.07 Å². The Balaban J connectivity index is 0.00000180. The molecule has 0 saturated heterocycles. The van der Waals surface area contributed by atoms with Gasteiger partial charge in [0.15, 0.2) is 0 Å². The molecule has 0 aliphatic rings. The van der Waals surface area contributed by atoms with Crippen LogP contribution in [-0.2, 0) is 10.8 Å². The first-order valence-corrected chi connectivity index (χ1v) is 4.68. The van der Waals surface area contributed by atoms with Gasteiger partial charge in [0, 0.05) is 0 Å². The molecule has 0 atom stereocenters. The van der Waals surface area contributed by atoms with Crippen molar-refractivity contribution in [1.82, 2.24) is 9.55 Å². The van der Waals surface area contributed by atoms with Gasteiger partial charge in [0.2, 0.25) is 0 Å². The number of aromatic nitrogens is 2. The molecule has 9 heteroatoms. The number of carboxylic acid groups (broad SMARTS) is 1. The zero-order chi connectivity index (χ0) is 13.6. The van der Waals surface area contributed by atoms with Crippen LogP contribution in [0.15, 0.2) is 30.6 Å². The molecule has 96 valence electrons. The number of carbonyl (C=O) groups excluding carboxylic acids is 1. The Morgan fingerprint density at radius 3 is 2.37 bits per heavy atom. The number of fused-ring (bicyclic) bond motifs is 1. The van der Waals surface area contributed by atoms with E-state index in [2.05, 4.69) is 4.98 Å². The maximum absolute atomic E-state index is 13.5. The van der Waals surface area contributed by atoms with Gasteiger partial charge in [0.1, 0.15) is 12.3 Å². The van der Waals surface area contributed by atoms with E-state index in [-0.39, 0.29) is 84.5 Å². The summed E-state index contributed by atoms with van der Waals surface area (Å²) in [5, 5.41) is 10.1. The number of rotatable bonds is 3. The number of halogens is 4. The standard InChI is InChI=1S/C10H6F4N2O2.Cs/c11-9(12,8(17)18)10(13,14)16-5-15-6-3-1-2-4-7(6)16;/h1-5H,(H,17,18);/q;+1/p-1. The quantitative estimate of drug-likeness (QED) is 0.565. The normalized spacial score (nSPS) is 12.2. The molecule has 0 amide bonds. The maximum atomic E-state index is 13.5. The van der Waals surface area contributed by atoms with Gasteiger partial charge < -0.3 is 9.90 Å². The number of hydrogen-bond donors (Lipinski definition) is 0. The Bertz CT molecular complexity index is 614. The number of benzene rings is 1. The van der Waals surface area contributed by atoms with Gasteiger partial charge >= 0.3 is 80.9 Å². The zero-order valence-corrected chi connectivity index (χ0v) is 15.9. The number of carboxylic acids is 1. The molecule has 0 saturated carbocycles. The third-order valence-corrected chi connectivity index (χ3v) is 2.39. The van der Waals surface area contributed by atoms with E-state index in [9.17, 15) is 27.5 Å². The molecule has 2 rings (SSSR count). The van der Waals surface area contributed by atoms with Crippen LogP contribution in [0.3, 0.4) is 0 Å². The summed E-state index contributed by atoms with van der Waals surface area (Å²) >= 11 is 0. The second-order valence-corrected chi connectivity index (χ2v) is 3.51. The van der Waals surface area contributed by atoms with Crippen LogP contribution in [0.2, 0.25) is 0 Å². The molecule has 0 bridgehead atoms. The molecule has 1 aromatic heterocycles. The molecule has 0 fully saturated rings. The SMILES string of the molecule is O=C([O-])C(F)(F)C(F)(F)n1cnc2ccccc21.[Cs+]. The molecule has 19 heavy (non-hydrogen) atoms. The van der Waals surface area contributed by atoms with Gasteiger partial charge in [-0.15, -0.1) is 0 Å². The summed E-state index contributed by atoms with van der Waals surface area (Å²) < 4.78 is 52.7. The number of nitrogens with zero attached hydrogens (tertiary/aromatic N) is 2. The summed E-state index contributed by atoms with van der Waals surface area (Å²) in [6.07, 6.45) is 0.460. The molecule has 0 aliphatic carbocycles. The van der Waals surface area contributed by atoms with Gasteiger partial charge in [-0.3, -0.25) is 4.57 Å². The van der Waals surface area contributed by atoms with Crippen molar-refractivity contribution in [2.24, 2.45) is 0 Å². The maximum Gasteiger partial charge on any atom is 1.00 e. The molecule has 1 aromatic carbocycles. The number of imidazole rings is 1. The number of para-hydroxylation sites is 2. The van der Waals surface area contributed by atoms with Crippen molar-refractivity contribution >= 4 is 17.0 Å². The van der Waals surface area contributed by atoms with Crippen molar-refractivity contribution in [3.63, 3.8) is 0 Å². The minimum Gasteiger partial charge on any atom is -0.544 e. The first-order chi connectivity index (χ1) is 8.28. The fraction of sp³-hybridized carbons (Fsp3) is 0.200. The smallest absolute Gasteiger partial charge is 0.544 e. The molecule has 4 nitrogen and oxygen atoms in total. The summed E-state index contributed by atoms with van der Waals surface area (Å²) in [4.78, 5) is 13.6. The van der Waals surface area contributed by atoms with Crippen LogP contribution in [-0.4, -0.2) is 21.4 Å². The van der Waals surface area contributed by atoms with Crippen molar-refractivity contribution < 1.29 is 96.4 Å². The van der Waals surface area contributed by atoms with Crippen LogP contribution >= 0.6 is 0 Å². The minimum absolute atomic E-state index is 0. The van der Waals surface area contributed by atoms with Crippen molar-refractivity contribution in [3.8, 4) is 0 Å². The van der Waals surface area contributed by atoms with Gasteiger partial charge in [-0.1, -0.05) is 12.1 Å². The predicted octanol–water partition coefficient (Wildman–Crippen LogP) is -2.03. The van der Waals surface area contributed by atoms with Crippen LogP contribution in [0.5, 0.6) is 0 Å². The van der Waals surface area contributed by atoms with E-state index < -0.39 is 17.9 Å². The summed E-state index contributed by atoms with van der Waals surface area (Å²) in [7, 11) is 0. The number of carbonyl (C=O) groups is 1. The van der Waals surface area contributed by atoms with E-state index in [4.69, 9.17) is 0 Å². The van der Waals surface area contributed by atoms with Gasteiger partial charge in [0.25, 0.3) is 0 Å². The Kier molecular flexibility index (Phi) is 5.13. The molecule has 2 aromatic rings. The average Bonchev–Trinajstić information content (AvgIpc) is 2.72.